The summed E-state index contributed by atoms with van der Waals surface area (Å²) >= 11 is 8.44. The lowest BCUT2D eigenvalue weighted by molar-refractivity contribution is 0.149. The van der Waals surface area contributed by atoms with Crippen molar-refractivity contribution < 1.29 is 8.78 Å². The number of rotatable bonds is 2. The predicted molar refractivity (Wildman–Crippen MR) is 46.5 cm³/mol. The standard InChI is InChI=1S/C7H5BrClF2N/c8-5-3-12-2-4(1-9)6(5)7(10)11/h2-3,7H,1H2. The molecule has 0 N–H and O–H groups in total. The summed E-state index contributed by atoms with van der Waals surface area (Å²) in [5.41, 5.74) is 0.293. The van der Waals surface area contributed by atoms with Crippen molar-refractivity contribution in [2.24, 2.45) is 0 Å². The van der Waals surface area contributed by atoms with Gasteiger partial charge in [-0.1, -0.05) is 0 Å². The second-order valence-corrected chi connectivity index (χ2v) is 3.25. The Bertz CT molecular complexity index is 280. The summed E-state index contributed by atoms with van der Waals surface area (Å²) in [6.07, 6.45) is 0.160. The van der Waals surface area contributed by atoms with E-state index in [1.165, 1.54) is 12.4 Å². The molecule has 0 fully saturated rings. The van der Waals surface area contributed by atoms with Gasteiger partial charge in [-0.3, -0.25) is 4.98 Å². The van der Waals surface area contributed by atoms with Gasteiger partial charge in [0.25, 0.3) is 6.43 Å². The molecule has 1 aromatic rings. The van der Waals surface area contributed by atoms with Crippen LogP contribution in [0.25, 0.3) is 0 Å². The van der Waals surface area contributed by atoms with E-state index in [9.17, 15) is 8.78 Å². The van der Waals surface area contributed by atoms with E-state index >= 15 is 0 Å². The van der Waals surface area contributed by atoms with Gasteiger partial charge in [-0.15, -0.1) is 11.6 Å². The molecule has 0 radical (unpaired) electrons. The third-order valence-electron chi connectivity index (χ3n) is 1.38. The van der Waals surface area contributed by atoms with E-state index in [1.54, 1.807) is 0 Å². The molecule has 66 valence electrons. The summed E-state index contributed by atoms with van der Waals surface area (Å²) in [5.74, 6) is 0.0477. The summed E-state index contributed by atoms with van der Waals surface area (Å²) in [4.78, 5) is 3.73. The molecule has 1 nitrogen and oxygen atoms in total. The highest BCUT2D eigenvalue weighted by molar-refractivity contribution is 9.10. The van der Waals surface area contributed by atoms with Crippen molar-refractivity contribution >= 4 is 27.5 Å². The molecule has 0 unspecified atom stereocenters. The molecule has 0 aromatic carbocycles. The summed E-state index contributed by atoms with van der Waals surface area (Å²) < 4.78 is 25.0. The number of hydrogen-bond donors (Lipinski definition) is 0. The summed E-state index contributed by atoms with van der Waals surface area (Å²) in [5, 5.41) is 0. The van der Waals surface area contributed by atoms with Crippen LogP contribution in [-0.4, -0.2) is 4.98 Å². The second kappa shape index (κ2) is 4.14. The van der Waals surface area contributed by atoms with E-state index in [1.807, 2.05) is 0 Å². The normalized spacial score (nSPS) is 10.8. The first-order chi connectivity index (χ1) is 5.66. The largest absolute Gasteiger partial charge is 0.265 e. The number of pyridine rings is 1. The first-order valence-corrected chi connectivity index (χ1v) is 4.46. The Kier molecular flexibility index (Phi) is 3.40. The topological polar surface area (TPSA) is 12.9 Å². The molecule has 1 rings (SSSR count). The summed E-state index contributed by atoms with van der Waals surface area (Å²) in [7, 11) is 0. The molecule has 0 amide bonds. The van der Waals surface area contributed by atoms with Gasteiger partial charge in [0.1, 0.15) is 0 Å². The van der Waals surface area contributed by atoms with Gasteiger partial charge in [0.2, 0.25) is 0 Å². The van der Waals surface area contributed by atoms with Gasteiger partial charge in [0, 0.05) is 28.3 Å². The average molecular weight is 256 g/mol. The highest BCUT2D eigenvalue weighted by Crippen LogP contribution is 2.30. The molecule has 0 aliphatic rings. The molecule has 0 aliphatic carbocycles. The Balaban J connectivity index is 3.20. The molecule has 0 aliphatic heterocycles. The quantitative estimate of drug-likeness (QED) is 0.738. The molecular weight excluding hydrogens is 251 g/mol. The fraction of sp³-hybridized carbons (Fsp3) is 0.286. The molecule has 0 spiro atoms. The molecule has 0 saturated carbocycles. The first-order valence-electron chi connectivity index (χ1n) is 3.13. The minimum atomic E-state index is -2.52. The lowest BCUT2D eigenvalue weighted by Gasteiger charge is -2.06. The van der Waals surface area contributed by atoms with Crippen LogP contribution in [0.15, 0.2) is 16.9 Å². The third kappa shape index (κ3) is 1.93. The predicted octanol–water partition coefficient (Wildman–Crippen LogP) is 3.52. The van der Waals surface area contributed by atoms with Gasteiger partial charge >= 0.3 is 0 Å². The molecular formula is C7H5BrClF2N. The molecule has 1 heterocycles. The number of aromatic nitrogens is 1. The third-order valence-corrected chi connectivity index (χ3v) is 2.30. The van der Waals surface area contributed by atoms with Crippen LogP contribution >= 0.6 is 27.5 Å². The van der Waals surface area contributed by atoms with Crippen molar-refractivity contribution in [3.05, 3.63) is 28.0 Å². The van der Waals surface area contributed by atoms with Crippen molar-refractivity contribution in [2.45, 2.75) is 12.3 Å². The highest BCUT2D eigenvalue weighted by Gasteiger charge is 2.15. The highest BCUT2D eigenvalue weighted by atomic mass is 79.9. The van der Waals surface area contributed by atoms with Gasteiger partial charge in [0.05, 0.1) is 0 Å². The van der Waals surface area contributed by atoms with Gasteiger partial charge in [0.15, 0.2) is 0 Å². The zero-order valence-corrected chi connectivity index (χ0v) is 8.24. The van der Waals surface area contributed by atoms with Gasteiger partial charge in [-0.25, -0.2) is 8.78 Å². The zero-order chi connectivity index (χ0) is 9.14. The van der Waals surface area contributed by atoms with E-state index in [4.69, 9.17) is 11.6 Å². The average Bonchev–Trinajstić information content (AvgIpc) is 2.03. The van der Waals surface area contributed by atoms with Crippen LogP contribution in [0.4, 0.5) is 8.78 Å². The Hall–Kier alpha value is -0.220. The van der Waals surface area contributed by atoms with Crippen LogP contribution in [0.3, 0.4) is 0 Å². The van der Waals surface area contributed by atoms with Gasteiger partial charge < -0.3 is 0 Å². The minimum Gasteiger partial charge on any atom is -0.263 e. The van der Waals surface area contributed by atoms with Crippen LogP contribution in [-0.2, 0) is 5.88 Å². The Morgan fingerprint density at radius 3 is 2.58 bits per heavy atom. The lowest BCUT2D eigenvalue weighted by Crippen LogP contribution is -1.94. The maximum atomic E-state index is 12.4. The van der Waals surface area contributed by atoms with Crippen LogP contribution in [0, 0.1) is 0 Å². The molecule has 0 bridgehead atoms. The summed E-state index contributed by atoms with van der Waals surface area (Å²) in [6.45, 7) is 0. The first kappa shape index (κ1) is 9.86. The van der Waals surface area contributed by atoms with Gasteiger partial charge in [-0.2, -0.15) is 0 Å². The van der Waals surface area contributed by atoms with Crippen LogP contribution in [0.1, 0.15) is 17.6 Å². The number of alkyl halides is 3. The minimum absolute atomic E-state index is 0.0477. The van der Waals surface area contributed by atoms with E-state index < -0.39 is 6.43 Å². The Morgan fingerprint density at radius 1 is 1.50 bits per heavy atom. The maximum Gasteiger partial charge on any atom is 0.265 e. The van der Waals surface area contributed by atoms with Crippen molar-refractivity contribution in [2.75, 3.05) is 0 Å². The molecule has 12 heavy (non-hydrogen) atoms. The fourth-order valence-electron chi connectivity index (χ4n) is 0.836. The maximum absolute atomic E-state index is 12.4. The fourth-order valence-corrected chi connectivity index (χ4v) is 1.59. The SMILES string of the molecule is FC(F)c1c(Br)cncc1CCl. The Morgan fingerprint density at radius 2 is 2.17 bits per heavy atom. The van der Waals surface area contributed by atoms with Crippen molar-refractivity contribution in [1.29, 1.82) is 0 Å². The molecule has 1 aromatic heterocycles. The van der Waals surface area contributed by atoms with Gasteiger partial charge in [-0.05, 0) is 21.5 Å². The lowest BCUT2D eigenvalue weighted by atomic mass is 10.2. The van der Waals surface area contributed by atoms with Crippen molar-refractivity contribution in [3.8, 4) is 0 Å². The molecule has 0 atom stereocenters. The summed E-state index contributed by atoms with van der Waals surface area (Å²) in [6, 6.07) is 0. The van der Waals surface area contributed by atoms with Crippen LogP contribution in [0.2, 0.25) is 0 Å². The number of nitrogens with zero attached hydrogens (tertiary/aromatic N) is 1. The van der Waals surface area contributed by atoms with E-state index in [0.717, 1.165) is 0 Å². The van der Waals surface area contributed by atoms with E-state index in [2.05, 4.69) is 20.9 Å². The van der Waals surface area contributed by atoms with Crippen LogP contribution < -0.4 is 0 Å². The van der Waals surface area contributed by atoms with E-state index in [-0.39, 0.29) is 11.4 Å². The van der Waals surface area contributed by atoms with E-state index in [0.29, 0.717) is 10.0 Å². The monoisotopic (exact) mass is 255 g/mol. The van der Waals surface area contributed by atoms with Crippen LogP contribution in [0.5, 0.6) is 0 Å². The number of hydrogen-bond acceptors (Lipinski definition) is 1. The molecule has 0 saturated heterocycles. The Labute approximate surface area is 81.9 Å². The zero-order valence-electron chi connectivity index (χ0n) is 5.90. The smallest absolute Gasteiger partial charge is 0.263 e. The van der Waals surface area contributed by atoms with Crippen molar-refractivity contribution in [3.63, 3.8) is 0 Å². The molecule has 5 heteroatoms. The van der Waals surface area contributed by atoms with Crippen molar-refractivity contribution in [1.82, 2.24) is 4.98 Å². The second-order valence-electron chi connectivity index (χ2n) is 2.13. The number of halogens is 4.